The highest BCUT2D eigenvalue weighted by atomic mass is 19.1. The molecule has 2 heterocycles. The Morgan fingerprint density at radius 2 is 2.00 bits per heavy atom. The Kier molecular flexibility index (Phi) is 6.99. The molecule has 27 heavy (non-hydrogen) atoms. The summed E-state index contributed by atoms with van der Waals surface area (Å²) in [6.45, 7) is 8.18. The number of nitrogens with zero attached hydrogens (tertiary/aromatic N) is 2. The van der Waals surface area contributed by atoms with E-state index in [-0.39, 0.29) is 6.67 Å². The van der Waals surface area contributed by atoms with Gasteiger partial charge in [-0.1, -0.05) is 13.8 Å². The van der Waals surface area contributed by atoms with E-state index in [1.54, 1.807) is 7.11 Å². The fraction of sp³-hybridized carbons (Fsp3) is 0.727. The Hall–Kier alpha value is -1.33. The zero-order valence-electron chi connectivity index (χ0n) is 17.3. The highest BCUT2D eigenvalue weighted by Crippen LogP contribution is 2.40. The predicted octanol–water partition coefficient (Wildman–Crippen LogP) is 4.08. The molecule has 0 aliphatic carbocycles. The van der Waals surface area contributed by atoms with Crippen molar-refractivity contribution in [2.24, 2.45) is 5.92 Å². The van der Waals surface area contributed by atoms with E-state index < -0.39 is 0 Å². The fourth-order valence-electron chi connectivity index (χ4n) is 4.47. The van der Waals surface area contributed by atoms with Gasteiger partial charge in [-0.25, -0.2) is 0 Å². The molecule has 3 rings (SSSR count). The normalized spacial score (nSPS) is 23.2. The van der Waals surface area contributed by atoms with Crippen molar-refractivity contribution in [3.63, 3.8) is 0 Å². The lowest BCUT2D eigenvalue weighted by atomic mass is 9.88. The van der Waals surface area contributed by atoms with Crippen molar-refractivity contribution in [2.75, 3.05) is 47.1 Å². The van der Waals surface area contributed by atoms with E-state index in [2.05, 4.69) is 42.8 Å². The van der Waals surface area contributed by atoms with Crippen LogP contribution in [0.15, 0.2) is 12.1 Å². The maximum absolute atomic E-state index is 12.3. The Labute approximate surface area is 163 Å². The van der Waals surface area contributed by atoms with Gasteiger partial charge < -0.3 is 14.4 Å². The molecule has 0 radical (unpaired) electrons. The van der Waals surface area contributed by atoms with E-state index in [1.165, 1.54) is 17.5 Å². The standard InChI is InChI=1S/C22H35FN2O2/c1-16(2)11-18-14-25-9-7-17-12-22(27-10-6-5-8-23)21(26-4)13-19(17)20(25)15-24(18)3/h12-13,16,18,20H,5-11,14-15H2,1-4H3/t18-,20?/m1/s1. The van der Waals surface area contributed by atoms with Gasteiger partial charge in [0.1, 0.15) is 0 Å². The molecule has 152 valence electrons. The number of hydrogen-bond donors (Lipinski definition) is 0. The Balaban J connectivity index is 1.76. The topological polar surface area (TPSA) is 24.9 Å². The third-order valence-electron chi connectivity index (χ3n) is 5.95. The molecule has 0 spiro atoms. The Morgan fingerprint density at radius 1 is 1.19 bits per heavy atom. The molecule has 5 heteroatoms. The minimum atomic E-state index is -0.284. The summed E-state index contributed by atoms with van der Waals surface area (Å²) in [6, 6.07) is 5.40. The van der Waals surface area contributed by atoms with E-state index >= 15 is 0 Å². The summed E-state index contributed by atoms with van der Waals surface area (Å²) >= 11 is 0. The van der Waals surface area contributed by atoms with Crippen LogP contribution >= 0.6 is 0 Å². The third kappa shape index (κ3) is 4.75. The first-order valence-corrected chi connectivity index (χ1v) is 10.4. The molecule has 0 amide bonds. The van der Waals surface area contributed by atoms with E-state index in [0.29, 0.717) is 25.1 Å². The number of methoxy groups -OCH3 is 1. The summed E-state index contributed by atoms with van der Waals surface area (Å²) in [7, 11) is 3.96. The quantitative estimate of drug-likeness (QED) is 0.636. The molecule has 0 N–H and O–H groups in total. The number of ether oxygens (including phenoxy) is 2. The fourth-order valence-corrected chi connectivity index (χ4v) is 4.47. The van der Waals surface area contributed by atoms with Gasteiger partial charge in [0.2, 0.25) is 0 Å². The molecule has 2 aliphatic heterocycles. The van der Waals surface area contributed by atoms with Crippen molar-refractivity contribution in [3.05, 3.63) is 23.3 Å². The van der Waals surface area contributed by atoms with Crippen LogP contribution in [0.1, 0.15) is 50.3 Å². The first kappa shape index (κ1) is 20.4. The van der Waals surface area contributed by atoms with Gasteiger partial charge in [-0.15, -0.1) is 0 Å². The number of benzene rings is 1. The molecule has 2 atom stereocenters. The number of rotatable bonds is 8. The number of unbranched alkanes of at least 4 members (excludes halogenated alkanes) is 1. The second-order valence-electron chi connectivity index (χ2n) is 8.43. The number of alkyl halides is 1. The molecule has 4 nitrogen and oxygen atoms in total. The SMILES string of the molecule is COc1cc2c(cc1OCCCCF)CCN1C[C@@H](CC(C)C)N(C)CC21. The maximum atomic E-state index is 12.3. The van der Waals surface area contributed by atoms with E-state index in [1.807, 2.05) is 0 Å². The smallest absolute Gasteiger partial charge is 0.161 e. The summed E-state index contributed by atoms with van der Waals surface area (Å²) < 4.78 is 23.8. The average Bonchev–Trinajstić information content (AvgIpc) is 2.65. The Morgan fingerprint density at radius 3 is 2.70 bits per heavy atom. The molecule has 2 aliphatic rings. The van der Waals surface area contributed by atoms with Gasteiger partial charge in [0.05, 0.1) is 20.4 Å². The van der Waals surface area contributed by atoms with Crippen molar-refractivity contribution in [1.82, 2.24) is 9.80 Å². The van der Waals surface area contributed by atoms with Gasteiger partial charge in [0.15, 0.2) is 11.5 Å². The molecule has 0 aromatic heterocycles. The van der Waals surface area contributed by atoms with Crippen molar-refractivity contribution >= 4 is 0 Å². The molecule has 1 unspecified atom stereocenters. The summed E-state index contributed by atoms with van der Waals surface area (Å²) in [5.74, 6) is 2.32. The van der Waals surface area contributed by atoms with Gasteiger partial charge in [-0.2, -0.15) is 0 Å². The van der Waals surface area contributed by atoms with Crippen LogP contribution in [0, 0.1) is 5.92 Å². The van der Waals surface area contributed by atoms with Crippen LogP contribution in [0.4, 0.5) is 4.39 Å². The minimum Gasteiger partial charge on any atom is -0.493 e. The van der Waals surface area contributed by atoms with Crippen molar-refractivity contribution < 1.29 is 13.9 Å². The van der Waals surface area contributed by atoms with E-state index in [4.69, 9.17) is 9.47 Å². The molecule has 1 saturated heterocycles. The van der Waals surface area contributed by atoms with E-state index in [9.17, 15) is 4.39 Å². The summed E-state index contributed by atoms with van der Waals surface area (Å²) in [5, 5.41) is 0. The molecule has 1 aromatic carbocycles. The van der Waals surface area contributed by atoms with Gasteiger partial charge in [0, 0.05) is 31.7 Å². The first-order valence-electron chi connectivity index (χ1n) is 10.4. The maximum Gasteiger partial charge on any atom is 0.161 e. The summed E-state index contributed by atoms with van der Waals surface area (Å²) in [4.78, 5) is 5.18. The average molecular weight is 379 g/mol. The van der Waals surface area contributed by atoms with Crippen LogP contribution in [0.25, 0.3) is 0 Å². The molecular weight excluding hydrogens is 343 g/mol. The highest BCUT2D eigenvalue weighted by molar-refractivity contribution is 5.49. The highest BCUT2D eigenvalue weighted by Gasteiger charge is 2.36. The number of likely N-dealkylation sites (N-methyl/N-ethyl adjacent to an activating group) is 1. The van der Waals surface area contributed by atoms with Gasteiger partial charge in [0.25, 0.3) is 0 Å². The van der Waals surface area contributed by atoms with Crippen molar-refractivity contribution in [3.8, 4) is 11.5 Å². The third-order valence-corrected chi connectivity index (χ3v) is 5.95. The van der Waals surface area contributed by atoms with Crippen LogP contribution in [-0.2, 0) is 6.42 Å². The predicted molar refractivity (Wildman–Crippen MR) is 108 cm³/mol. The monoisotopic (exact) mass is 378 g/mol. The summed E-state index contributed by atoms with van der Waals surface area (Å²) in [6.07, 6.45) is 3.58. The number of hydrogen-bond acceptors (Lipinski definition) is 4. The first-order chi connectivity index (χ1) is 13.0. The lowest BCUT2D eigenvalue weighted by Crippen LogP contribution is -2.55. The van der Waals surface area contributed by atoms with E-state index in [0.717, 1.165) is 49.9 Å². The number of halogens is 1. The van der Waals surface area contributed by atoms with Gasteiger partial charge in [-0.05, 0) is 61.9 Å². The van der Waals surface area contributed by atoms with Gasteiger partial charge >= 0.3 is 0 Å². The van der Waals surface area contributed by atoms with Crippen molar-refractivity contribution in [1.29, 1.82) is 0 Å². The molecule has 1 aromatic rings. The van der Waals surface area contributed by atoms with Crippen LogP contribution in [-0.4, -0.2) is 62.9 Å². The molecule has 0 saturated carbocycles. The zero-order valence-corrected chi connectivity index (χ0v) is 17.3. The van der Waals surface area contributed by atoms with Crippen LogP contribution in [0.5, 0.6) is 11.5 Å². The summed E-state index contributed by atoms with van der Waals surface area (Å²) in [5.41, 5.74) is 2.75. The largest absolute Gasteiger partial charge is 0.493 e. The zero-order chi connectivity index (χ0) is 19.4. The Bertz CT molecular complexity index is 623. The second-order valence-corrected chi connectivity index (χ2v) is 8.43. The molecule has 1 fully saturated rings. The minimum absolute atomic E-state index is 0.284. The van der Waals surface area contributed by atoms with Crippen molar-refractivity contribution in [2.45, 2.75) is 51.6 Å². The van der Waals surface area contributed by atoms with Crippen LogP contribution in [0.3, 0.4) is 0 Å². The lowest BCUT2D eigenvalue weighted by molar-refractivity contribution is 0.0294. The van der Waals surface area contributed by atoms with Gasteiger partial charge in [-0.3, -0.25) is 9.29 Å². The number of piperazine rings is 1. The second kappa shape index (κ2) is 9.24. The van der Waals surface area contributed by atoms with Crippen LogP contribution in [0.2, 0.25) is 0 Å². The lowest BCUT2D eigenvalue weighted by Gasteiger charge is -2.48. The molecular formula is C22H35FN2O2. The van der Waals surface area contributed by atoms with Crippen LogP contribution < -0.4 is 9.47 Å². The number of fused-ring (bicyclic) bond motifs is 3. The molecule has 0 bridgehead atoms.